The van der Waals surface area contributed by atoms with Crippen LogP contribution in [0.15, 0.2) is 0 Å². The fourth-order valence-corrected chi connectivity index (χ4v) is 2.01. The zero-order valence-corrected chi connectivity index (χ0v) is 9.71. The standard InChI is InChI=1S/C11H19N3O/c1-8-9(4-5-11(12)6-7-11)10(15-3)14(2)13-8/h4-7,12H2,1-3H3. The third kappa shape index (κ3) is 2.00. The molecule has 0 amide bonds. The summed E-state index contributed by atoms with van der Waals surface area (Å²) in [6.45, 7) is 2.02. The van der Waals surface area contributed by atoms with Crippen molar-refractivity contribution in [3.05, 3.63) is 11.3 Å². The van der Waals surface area contributed by atoms with Gasteiger partial charge in [-0.15, -0.1) is 0 Å². The van der Waals surface area contributed by atoms with E-state index in [9.17, 15) is 0 Å². The van der Waals surface area contributed by atoms with E-state index in [-0.39, 0.29) is 5.54 Å². The lowest BCUT2D eigenvalue weighted by Crippen LogP contribution is -2.22. The minimum Gasteiger partial charge on any atom is -0.481 e. The SMILES string of the molecule is COc1c(CCC2(N)CC2)c(C)nn1C. The van der Waals surface area contributed by atoms with Crippen molar-refractivity contribution in [1.29, 1.82) is 0 Å². The van der Waals surface area contributed by atoms with Crippen LogP contribution < -0.4 is 10.5 Å². The number of ether oxygens (including phenoxy) is 1. The number of aromatic nitrogens is 2. The van der Waals surface area contributed by atoms with Gasteiger partial charge in [-0.1, -0.05) is 0 Å². The monoisotopic (exact) mass is 209 g/mol. The second-order valence-electron chi connectivity index (χ2n) is 4.56. The summed E-state index contributed by atoms with van der Waals surface area (Å²) in [5.74, 6) is 0.872. The maximum atomic E-state index is 6.07. The summed E-state index contributed by atoms with van der Waals surface area (Å²) in [4.78, 5) is 0. The Morgan fingerprint density at radius 1 is 1.53 bits per heavy atom. The maximum absolute atomic E-state index is 6.07. The quantitative estimate of drug-likeness (QED) is 0.809. The summed E-state index contributed by atoms with van der Waals surface area (Å²) >= 11 is 0. The molecule has 0 spiro atoms. The van der Waals surface area contributed by atoms with Gasteiger partial charge in [-0.2, -0.15) is 5.10 Å². The highest BCUT2D eigenvalue weighted by atomic mass is 16.5. The Labute approximate surface area is 90.4 Å². The van der Waals surface area contributed by atoms with Gasteiger partial charge in [-0.05, 0) is 32.6 Å². The number of hydrogen-bond donors (Lipinski definition) is 1. The van der Waals surface area contributed by atoms with Gasteiger partial charge in [0, 0.05) is 18.2 Å². The van der Waals surface area contributed by atoms with Crippen LogP contribution in [0.4, 0.5) is 0 Å². The van der Waals surface area contributed by atoms with E-state index in [1.165, 1.54) is 5.56 Å². The Kier molecular flexibility index (Phi) is 2.46. The number of aryl methyl sites for hydroxylation is 2. The van der Waals surface area contributed by atoms with Crippen LogP contribution in [0.1, 0.15) is 30.5 Å². The molecule has 2 N–H and O–H groups in total. The second kappa shape index (κ2) is 3.52. The molecule has 2 rings (SSSR count). The Balaban J connectivity index is 2.12. The Morgan fingerprint density at radius 3 is 2.73 bits per heavy atom. The van der Waals surface area contributed by atoms with Crippen molar-refractivity contribution in [3.8, 4) is 5.88 Å². The number of hydrogen-bond acceptors (Lipinski definition) is 3. The zero-order valence-electron chi connectivity index (χ0n) is 9.71. The van der Waals surface area contributed by atoms with E-state index in [1.54, 1.807) is 11.8 Å². The van der Waals surface area contributed by atoms with Crippen molar-refractivity contribution in [2.75, 3.05) is 7.11 Å². The van der Waals surface area contributed by atoms with E-state index in [0.717, 1.165) is 37.3 Å². The predicted octanol–water partition coefficient (Wildman–Crippen LogP) is 1.16. The molecule has 1 aromatic rings. The summed E-state index contributed by atoms with van der Waals surface area (Å²) < 4.78 is 7.13. The molecule has 84 valence electrons. The van der Waals surface area contributed by atoms with E-state index in [4.69, 9.17) is 10.5 Å². The Bertz CT molecular complexity index is 366. The van der Waals surface area contributed by atoms with Gasteiger partial charge in [0.15, 0.2) is 0 Å². The minimum absolute atomic E-state index is 0.104. The molecule has 4 nitrogen and oxygen atoms in total. The third-order valence-corrected chi connectivity index (χ3v) is 3.25. The molecule has 0 radical (unpaired) electrons. The van der Waals surface area contributed by atoms with Gasteiger partial charge in [-0.3, -0.25) is 0 Å². The van der Waals surface area contributed by atoms with E-state index in [0.29, 0.717) is 0 Å². The molecular weight excluding hydrogens is 190 g/mol. The van der Waals surface area contributed by atoms with E-state index < -0.39 is 0 Å². The molecule has 0 saturated heterocycles. The fourth-order valence-electron chi connectivity index (χ4n) is 2.01. The lowest BCUT2D eigenvalue weighted by molar-refractivity contribution is 0.368. The summed E-state index contributed by atoms with van der Waals surface area (Å²) in [5, 5.41) is 4.35. The average molecular weight is 209 g/mol. The highest BCUT2D eigenvalue weighted by Crippen LogP contribution is 2.37. The molecule has 0 bridgehead atoms. The van der Waals surface area contributed by atoms with Crippen molar-refractivity contribution >= 4 is 0 Å². The van der Waals surface area contributed by atoms with Crippen LogP contribution in [0.5, 0.6) is 5.88 Å². The normalized spacial score (nSPS) is 17.9. The molecule has 1 heterocycles. The van der Waals surface area contributed by atoms with Crippen LogP contribution in [0.25, 0.3) is 0 Å². The molecule has 4 heteroatoms. The first-order chi connectivity index (χ1) is 7.06. The van der Waals surface area contributed by atoms with Gasteiger partial charge in [0.25, 0.3) is 0 Å². The first-order valence-corrected chi connectivity index (χ1v) is 5.41. The Hall–Kier alpha value is -1.03. The van der Waals surface area contributed by atoms with Crippen LogP contribution in [0.2, 0.25) is 0 Å². The molecule has 1 aromatic heterocycles. The van der Waals surface area contributed by atoms with Gasteiger partial charge in [0.2, 0.25) is 5.88 Å². The van der Waals surface area contributed by atoms with E-state index in [2.05, 4.69) is 5.10 Å². The molecule has 0 aromatic carbocycles. The smallest absolute Gasteiger partial charge is 0.214 e. The van der Waals surface area contributed by atoms with Crippen LogP contribution in [-0.4, -0.2) is 22.4 Å². The summed E-state index contributed by atoms with van der Waals surface area (Å²) in [6, 6.07) is 0. The molecule has 1 saturated carbocycles. The Morgan fingerprint density at radius 2 is 2.20 bits per heavy atom. The van der Waals surface area contributed by atoms with Crippen molar-refractivity contribution in [2.45, 2.75) is 38.1 Å². The molecule has 15 heavy (non-hydrogen) atoms. The first-order valence-electron chi connectivity index (χ1n) is 5.41. The van der Waals surface area contributed by atoms with Gasteiger partial charge in [0.05, 0.1) is 12.8 Å². The topological polar surface area (TPSA) is 53.1 Å². The maximum Gasteiger partial charge on any atom is 0.214 e. The molecule has 1 aliphatic rings. The molecule has 0 atom stereocenters. The number of nitrogens with two attached hydrogens (primary N) is 1. The van der Waals surface area contributed by atoms with Crippen LogP contribution in [0.3, 0.4) is 0 Å². The predicted molar refractivity (Wildman–Crippen MR) is 59.0 cm³/mol. The van der Waals surface area contributed by atoms with Crippen LogP contribution in [0, 0.1) is 6.92 Å². The minimum atomic E-state index is 0.104. The third-order valence-electron chi connectivity index (χ3n) is 3.25. The van der Waals surface area contributed by atoms with Crippen LogP contribution >= 0.6 is 0 Å². The van der Waals surface area contributed by atoms with E-state index in [1.807, 2.05) is 14.0 Å². The van der Waals surface area contributed by atoms with Crippen molar-refractivity contribution in [3.63, 3.8) is 0 Å². The summed E-state index contributed by atoms with van der Waals surface area (Å²) in [7, 11) is 3.60. The van der Waals surface area contributed by atoms with Gasteiger partial charge >= 0.3 is 0 Å². The molecular formula is C11H19N3O. The molecule has 1 fully saturated rings. The molecule has 0 unspecified atom stereocenters. The highest BCUT2D eigenvalue weighted by Gasteiger charge is 2.37. The van der Waals surface area contributed by atoms with Crippen LogP contribution in [-0.2, 0) is 13.5 Å². The highest BCUT2D eigenvalue weighted by molar-refractivity contribution is 5.31. The zero-order chi connectivity index (χ0) is 11.1. The summed E-state index contributed by atoms with van der Waals surface area (Å²) in [5.41, 5.74) is 8.44. The van der Waals surface area contributed by atoms with Crippen molar-refractivity contribution < 1.29 is 4.74 Å². The number of nitrogens with zero attached hydrogens (tertiary/aromatic N) is 2. The van der Waals surface area contributed by atoms with Gasteiger partial charge in [-0.25, -0.2) is 4.68 Å². The molecule has 0 aliphatic heterocycles. The number of rotatable bonds is 4. The van der Waals surface area contributed by atoms with Gasteiger partial charge in [0.1, 0.15) is 0 Å². The lowest BCUT2D eigenvalue weighted by Gasteiger charge is -2.09. The largest absolute Gasteiger partial charge is 0.481 e. The van der Waals surface area contributed by atoms with E-state index >= 15 is 0 Å². The second-order valence-corrected chi connectivity index (χ2v) is 4.56. The summed E-state index contributed by atoms with van der Waals surface area (Å²) in [6.07, 6.45) is 4.33. The van der Waals surface area contributed by atoms with Crippen molar-refractivity contribution in [2.24, 2.45) is 12.8 Å². The number of methoxy groups -OCH3 is 1. The fraction of sp³-hybridized carbons (Fsp3) is 0.727. The first kappa shape index (κ1) is 10.5. The lowest BCUT2D eigenvalue weighted by atomic mass is 10.0. The average Bonchev–Trinajstić information content (AvgIpc) is 2.83. The molecule has 1 aliphatic carbocycles. The van der Waals surface area contributed by atoms with Crippen molar-refractivity contribution in [1.82, 2.24) is 9.78 Å². The van der Waals surface area contributed by atoms with Gasteiger partial charge < -0.3 is 10.5 Å².